The second kappa shape index (κ2) is 5.55. The molecule has 2 heteroatoms. The van der Waals surface area contributed by atoms with E-state index < -0.39 is 0 Å². The molecule has 0 fully saturated rings. The van der Waals surface area contributed by atoms with Crippen LogP contribution in [0.5, 0.6) is 0 Å². The Morgan fingerprint density at radius 2 is 2.00 bits per heavy atom. The number of nitrogens with zero attached hydrogens (tertiary/aromatic N) is 1. The largest absolute Gasteiger partial charge is 0.443 e. The molecule has 2 nitrogen and oxygen atoms in total. The fraction of sp³-hybridized carbons (Fsp3) is 0.562. The van der Waals surface area contributed by atoms with E-state index in [9.17, 15) is 0 Å². The van der Waals surface area contributed by atoms with Crippen LogP contribution in [0, 0.1) is 5.92 Å². The van der Waals surface area contributed by atoms with E-state index in [0.717, 1.165) is 17.5 Å². The van der Waals surface area contributed by atoms with Gasteiger partial charge in [0.15, 0.2) is 12.0 Å². The highest BCUT2D eigenvalue weighted by Crippen LogP contribution is 2.30. The summed E-state index contributed by atoms with van der Waals surface area (Å²) in [6.07, 6.45) is 5.03. The Labute approximate surface area is 109 Å². The van der Waals surface area contributed by atoms with Gasteiger partial charge >= 0.3 is 0 Å². The van der Waals surface area contributed by atoms with Crippen molar-refractivity contribution < 1.29 is 4.42 Å². The molecule has 0 radical (unpaired) electrons. The summed E-state index contributed by atoms with van der Waals surface area (Å²) in [7, 11) is 0. The summed E-state index contributed by atoms with van der Waals surface area (Å²) in [6.45, 7) is 8.96. The van der Waals surface area contributed by atoms with Gasteiger partial charge in [0, 0.05) is 0 Å². The van der Waals surface area contributed by atoms with Crippen LogP contribution in [0.4, 0.5) is 0 Å². The average molecular weight is 245 g/mol. The lowest BCUT2D eigenvalue weighted by Crippen LogP contribution is -1.99. The number of benzene rings is 1. The molecule has 0 bridgehead atoms. The van der Waals surface area contributed by atoms with Gasteiger partial charge in [-0.25, -0.2) is 4.98 Å². The van der Waals surface area contributed by atoms with E-state index in [1.54, 1.807) is 6.39 Å². The van der Waals surface area contributed by atoms with Gasteiger partial charge in [-0.15, -0.1) is 0 Å². The predicted octanol–water partition coefficient (Wildman–Crippen LogP) is 4.93. The van der Waals surface area contributed by atoms with E-state index in [4.69, 9.17) is 4.42 Å². The van der Waals surface area contributed by atoms with Gasteiger partial charge in [0.1, 0.15) is 5.52 Å². The maximum atomic E-state index is 5.63. The molecule has 0 saturated heterocycles. The standard InChI is InChI=1S/C16H23NO/c1-5-6-12(4)14-8-7-13(9-11(2)3)15-16(14)18-10-17-15/h7-8,10-12H,5-6,9H2,1-4H3. The molecular weight excluding hydrogens is 222 g/mol. The number of oxazole rings is 1. The Balaban J connectivity index is 2.43. The molecule has 0 aliphatic heterocycles. The lowest BCUT2D eigenvalue weighted by molar-refractivity contribution is 0.584. The topological polar surface area (TPSA) is 26.0 Å². The van der Waals surface area contributed by atoms with E-state index in [-0.39, 0.29) is 0 Å². The van der Waals surface area contributed by atoms with E-state index in [1.165, 1.54) is 24.0 Å². The van der Waals surface area contributed by atoms with Crippen molar-refractivity contribution in [1.82, 2.24) is 4.98 Å². The number of hydrogen-bond acceptors (Lipinski definition) is 2. The van der Waals surface area contributed by atoms with E-state index in [0.29, 0.717) is 11.8 Å². The SMILES string of the molecule is CCCC(C)c1ccc(CC(C)C)c2ncoc12. The lowest BCUT2D eigenvalue weighted by atomic mass is 9.92. The van der Waals surface area contributed by atoms with E-state index >= 15 is 0 Å². The Bertz CT molecular complexity index is 513. The first kappa shape index (κ1) is 13.1. The first-order valence-electron chi connectivity index (χ1n) is 6.98. The van der Waals surface area contributed by atoms with Gasteiger partial charge in [-0.1, -0.05) is 46.2 Å². The van der Waals surface area contributed by atoms with Crippen molar-refractivity contribution in [2.75, 3.05) is 0 Å². The van der Waals surface area contributed by atoms with Crippen LogP contribution < -0.4 is 0 Å². The van der Waals surface area contributed by atoms with Crippen LogP contribution in [0.1, 0.15) is 57.6 Å². The average Bonchev–Trinajstić information content (AvgIpc) is 2.78. The van der Waals surface area contributed by atoms with Crippen molar-refractivity contribution >= 4 is 11.1 Å². The molecule has 0 aliphatic carbocycles. The molecule has 0 aliphatic rings. The highest BCUT2D eigenvalue weighted by atomic mass is 16.3. The molecule has 18 heavy (non-hydrogen) atoms. The molecule has 98 valence electrons. The molecule has 2 rings (SSSR count). The summed E-state index contributed by atoms with van der Waals surface area (Å²) in [5.74, 6) is 1.18. The summed E-state index contributed by atoms with van der Waals surface area (Å²) in [4.78, 5) is 4.41. The van der Waals surface area contributed by atoms with Crippen LogP contribution >= 0.6 is 0 Å². The minimum atomic E-state index is 0.540. The Kier molecular flexibility index (Phi) is 4.05. The fourth-order valence-corrected chi connectivity index (χ4v) is 2.61. The van der Waals surface area contributed by atoms with Gasteiger partial charge in [0.25, 0.3) is 0 Å². The Morgan fingerprint density at radius 3 is 2.67 bits per heavy atom. The van der Waals surface area contributed by atoms with Crippen LogP contribution in [0.3, 0.4) is 0 Å². The smallest absolute Gasteiger partial charge is 0.182 e. The molecule has 2 aromatic rings. The van der Waals surface area contributed by atoms with Crippen molar-refractivity contribution in [3.8, 4) is 0 Å². The summed E-state index contributed by atoms with van der Waals surface area (Å²) >= 11 is 0. The summed E-state index contributed by atoms with van der Waals surface area (Å²) < 4.78 is 5.63. The molecule has 1 atom stereocenters. The van der Waals surface area contributed by atoms with Crippen molar-refractivity contribution in [2.24, 2.45) is 5.92 Å². The van der Waals surface area contributed by atoms with Gasteiger partial charge in [0.05, 0.1) is 0 Å². The van der Waals surface area contributed by atoms with E-state index in [2.05, 4.69) is 44.8 Å². The zero-order valence-electron chi connectivity index (χ0n) is 11.9. The maximum Gasteiger partial charge on any atom is 0.182 e. The van der Waals surface area contributed by atoms with Crippen molar-refractivity contribution in [3.05, 3.63) is 29.7 Å². The zero-order chi connectivity index (χ0) is 13.1. The van der Waals surface area contributed by atoms with Crippen LogP contribution in [-0.4, -0.2) is 4.98 Å². The summed E-state index contributed by atoms with van der Waals surface area (Å²) in [5.41, 5.74) is 4.66. The first-order valence-corrected chi connectivity index (χ1v) is 6.98. The predicted molar refractivity (Wildman–Crippen MR) is 75.9 cm³/mol. The number of aromatic nitrogens is 1. The lowest BCUT2D eigenvalue weighted by Gasteiger charge is -2.13. The van der Waals surface area contributed by atoms with Crippen molar-refractivity contribution in [3.63, 3.8) is 0 Å². The molecule has 1 aromatic carbocycles. The van der Waals surface area contributed by atoms with Gasteiger partial charge in [0.2, 0.25) is 0 Å². The van der Waals surface area contributed by atoms with Gasteiger partial charge in [-0.3, -0.25) is 0 Å². The Hall–Kier alpha value is -1.31. The number of hydrogen-bond donors (Lipinski definition) is 0. The minimum absolute atomic E-state index is 0.540. The van der Waals surface area contributed by atoms with Crippen LogP contribution in [0.25, 0.3) is 11.1 Å². The molecule has 0 saturated carbocycles. The molecular formula is C16H23NO. The monoisotopic (exact) mass is 245 g/mol. The third kappa shape index (κ3) is 2.58. The molecule has 0 spiro atoms. The molecule has 0 amide bonds. The molecule has 1 unspecified atom stereocenters. The van der Waals surface area contributed by atoms with Crippen molar-refractivity contribution in [1.29, 1.82) is 0 Å². The van der Waals surface area contributed by atoms with Gasteiger partial charge < -0.3 is 4.42 Å². The second-order valence-electron chi connectivity index (χ2n) is 5.63. The van der Waals surface area contributed by atoms with Gasteiger partial charge in [-0.05, 0) is 35.8 Å². The summed E-state index contributed by atoms with van der Waals surface area (Å²) in [6, 6.07) is 4.46. The van der Waals surface area contributed by atoms with E-state index in [1.807, 2.05) is 0 Å². The molecule has 1 heterocycles. The third-order valence-electron chi connectivity index (χ3n) is 3.48. The molecule has 1 aromatic heterocycles. The third-order valence-corrected chi connectivity index (χ3v) is 3.48. The quantitative estimate of drug-likeness (QED) is 0.746. The minimum Gasteiger partial charge on any atom is -0.443 e. The number of fused-ring (bicyclic) bond motifs is 1. The molecule has 0 N–H and O–H groups in total. The van der Waals surface area contributed by atoms with Gasteiger partial charge in [-0.2, -0.15) is 0 Å². The maximum absolute atomic E-state index is 5.63. The van der Waals surface area contributed by atoms with Crippen LogP contribution in [0.2, 0.25) is 0 Å². The first-order chi connectivity index (χ1) is 8.63. The number of rotatable bonds is 5. The highest BCUT2D eigenvalue weighted by Gasteiger charge is 2.15. The normalized spacial score (nSPS) is 13.4. The highest BCUT2D eigenvalue weighted by molar-refractivity contribution is 5.80. The zero-order valence-corrected chi connectivity index (χ0v) is 11.9. The van der Waals surface area contributed by atoms with Crippen LogP contribution in [0.15, 0.2) is 22.9 Å². The second-order valence-corrected chi connectivity index (χ2v) is 5.63. The fourth-order valence-electron chi connectivity index (χ4n) is 2.61. The van der Waals surface area contributed by atoms with Crippen LogP contribution in [-0.2, 0) is 6.42 Å². The summed E-state index contributed by atoms with van der Waals surface area (Å²) in [5, 5.41) is 0. The van der Waals surface area contributed by atoms with Crippen molar-refractivity contribution in [2.45, 2.75) is 52.9 Å². The Morgan fingerprint density at radius 1 is 1.22 bits per heavy atom.